The molecule has 0 aromatic heterocycles. The van der Waals surface area contributed by atoms with E-state index in [2.05, 4.69) is 0 Å². The lowest BCUT2D eigenvalue weighted by molar-refractivity contribution is -0.119. The van der Waals surface area contributed by atoms with Gasteiger partial charge >= 0.3 is 17.9 Å². The third-order valence-corrected chi connectivity index (χ3v) is 7.36. The van der Waals surface area contributed by atoms with Crippen molar-refractivity contribution in [2.45, 2.75) is 64.8 Å². The van der Waals surface area contributed by atoms with Gasteiger partial charge in [-0.2, -0.15) is 0 Å². The van der Waals surface area contributed by atoms with E-state index in [-0.39, 0.29) is 30.3 Å². The van der Waals surface area contributed by atoms with Crippen LogP contribution < -0.4 is 9.47 Å². The molecule has 1 aliphatic heterocycles. The Morgan fingerprint density at radius 3 is 1.98 bits per heavy atom. The molecule has 236 valence electrons. The van der Waals surface area contributed by atoms with Crippen LogP contribution in [-0.2, 0) is 32.2 Å². The summed E-state index contributed by atoms with van der Waals surface area (Å²) in [6.45, 7) is 2.12. The molecule has 9 heteroatoms. The number of esters is 3. The smallest absolute Gasteiger partial charge is 0.342 e. The van der Waals surface area contributed by atoms with Gasteiger partial charge in [0.15, 0.2) is 0 Å². The maximum Gasteiger partial charge on any atom is 0.342 e. The summed E-state index contributed by atoms with van der Waals surface area (Å²) in [6, 6.07) is 17.1. The summed E-state index contributed by atoms with van der Waals surface area (Å²) >= 11 is 0. The molecule has 0 amide bonds. The molecule has 9 nitrogen and oxygen atoms in total. The first kappa shape index (κ1) is 33.0. The van der Waals surface area contributed by atoms with E-state index in [1.807, 2.05) is 19.1 Å². The Labute approximate surface area is 263 Å². The number of hydrogen-bond donors (Lipinski definition) is 0. The normalized spacial score (nSPS) is 15.7. The van der Waals surface area contributed by atoms with Crippen LogP contribution in [-0.4, -0.2) is 44.0 Å². The van der Waals surface area contributed by atoms with Crippen LogP contribution in [0.2, 0.25) is 0 Å². The molecule has 1 atom stereocenters. The highest BCUT2D eigenvalue weighted by atomic mass is 16.5. The second kappa shape index (κ2) is 16.2. The first-order chi connectivity index (χ1) is 21.8. The second-order valence-electron chi connectivity index (χ2n) is 10.8. The molecule has 1 heterocycles. The third kappa shape index (κ3) is 9.53. The molecule has 0 unspecified atom stereocenters. The molecule has 3 aromatic rings. The highest BCUT2D eigenvalue weighted by molar-refractivity contribution is 5.97. The van der Waals surface area contributed by atoms with E-state index in [4.69, 9.17) is 23.7 Å². The highest BCUT2D eigenvalue weighted by Crippen LogP contribution is 2.33. The number of ether oxygens (including phenoxy) is 5. The molecular formula is C36H38O9. The third-order valence-electron chi connectivity index (χ3n) is 7.36. The van der Waals surface area contributed by atoms with Crippen LogP contribution in [0, 0.1) is 0 Å². The van der Waals surface area contributed by atoms with E-state index in [1.54, 1.807) is 60.7 Å². The van der Waals surface area contributed by atoms with Crippen LogP contribution in [0.4, 0.5) is 0 Å². The average Bonchev–Trinajstić information content (AvgIpc) is 3.05. The molecule has 0 bridgehead atoms. The van der Waals surface area contributed by atoms with Gasteiger partial charge in [0.1, 0.15) is 36.1 Å². The summed E-state index contributed by atoms with van der Waals surface area (Å²) in [5, 5.41) is 0. The van der Waals surface area contributed by atoms with Crippen molar-refractivity contribution in [1.82, 2.24) is 0 Å². The topological polar surface area (TPSA) is 114 Å². The monoisotopic (exact) mass is 614 g/mol. The summed E-state index contributed by atoms with van der Waals surface area (Å²) in [6.07, 6.45) is 6.93. The summed E-state index contributed by atoms with van der Waals surface area (Å²) in [4.78, 5) is 49.5. The predicted molar refractivity (Wildman–Crippen MR) is 167 cm³/mol. The van der Waals surface area contributed by atoms with Crippen LogP contribution in [0.5, 0.6) is 11.5 Å². The van der Waals surface area contributed by atoms with E-state index >= 15 is 0 Å². The van der Waals surface area contributed by atoms with E-state index < -0.39 is 24.0 Å². The van der Waals surface area contributed by atoms with Crippen LogP contribution in [0.15, 0.2) is 66.7 Å². The van der Waals surface area contributed by atoms with Gasteiger partial charge in [0.25, 0.3) is 0 Å². The molecule has 0 N–H and O–H groups in total. The summed E-state index contributed by atoms with van der Waals surface area (Å²) in [5.41, 5.74) is 3.28. The fourth-order valence-electron chi connectivity index (χ4n) is 4.83. The number of allylic oxidation sites excluding steroid dienone is 1. The Bertz CT molecular complexity index is 1520. The minimum absolute atomic E-state index is 0.112. The molecular weight excluding hydrogens is 576 g/mol. The van der Waals surface area contributed by atoms with Gasteiger partial charge in [0.05, 0.1) is 31.5 Å². The molecule has 1 aliphatic rings. The van der Waals surface area contributed by atoms with Crippen molar-refractivity contribution in [1.29, 1.82) is 0 Å². The molecule has 0 saturated heterocycles. The number of ketones is 1. The molecule has 0 fully saturated rings. The van der Waals surface area contributed by atoms with Gasteiger partial charge in [0.2, 0.25) is 0 Å². The van der Waals surface area contributed by atoms with Crippen LogP contribution in [0.1, 0.15) is 93.2 Å². The maximum absolute atomic E-state index is 13.6. The number of carbonyl (C=O) groups excluding carboxylic acids is 4. The van der Waals surface area contributed by atoms with E-state index in [9.17, 15) is 19.2 Å². The average molecular weight is 615 g/mol. The summed E-state index contributed by atoms with van der Waals surface area (Å²) in [7, 11) is 2.65. The number of cyclic esters (lactones) is 1. The predicted octanol–water partition coefficient (Wildman–Crippen LogP) is 6.90. The van der Waals surface area contributed by atoms with Crippen molar-refractivity contribution in [2.75, 3.05) is 14.2 Å². The van der Waals surface area contributed by atoms with Gasteiger partial charge < -0.3 is 23.7 Å². The van der Waals surface area contributed by atoms with Gasteiger partial charge in [-0.15, -0.1) is 0 Å². The van der Waals surface area contributed by atoms with E-state index in [1.165, 1.54) is 14.2 Å². The molecule has 3 aromatic carbocycles. The lowest BCUT2D eigenvalue weighted by atomic mass is 10.0. The largest absolute Gasteiger partial charge is 0.489 e. The van der Waals surface area contributed by atoms with Gasteiger partial charge in [-0.05, 0) is 79.6 Å². The van der Waals surface area contributed by atoms with Crippen molar-refractivity contribution in [3.63, 3.8) is 0 Å². The molecule has 45 heavy (non-hydrogen) atoms. The fraction of sp³-hybridized carbons (Fsp3) is 0.333. The van der Waals surface area contributed by atoms with Crippen molar-refractivity contribution in [3.8, 4) is 11.5 Å². The second-order valence-corrected chi connectivity index (χ2v) is 10.8. The minimum Gasteiger partial charge on any atom is -0.489 e. The number of methoxy groups -OCH3 is 2. The van der Waals surface area contributed by atoms with Gasteiger partial charge in [0, 0.05) is 18.9 Å². The standard InChI is InChI=1S/C36H38O9/c1-24-8-7-11-30(37)10-6-4-5-9-29-20-31(43-22-25-12-16-27(17-13-25)34(38)41-2)21-32(33(29)36(40)45-24)44-23-26-14-18-28(19-15-26)35(39)42-3/h5,9,12-21,24H,4,6-8,10-11,22-23H2,1-3H3/t24-/m0/s1. The van der Waals surface area contributed by atoms with Gasteiger partial charge in [-0.1, -0.05) is 36.4 Å². The van der Waals surface area contributed by atoms with Crippen molar-refractivity contribution in [2.24, 2.45) is 0 Å². The van der Waals surface area contributed by atoms with Crippen molar-refractivity contribution < 1.29 is 42.9 Å². The van der Waals surface area contributed by atoms with E-state index in [0.29, 0.717) is 61.0 Å². The van der Waals surface area contributed by atoms with Gasteiger partial charge in [-0.3, -0.25) is 4.79 Å². The lowest BCUT2D eigenvalue weighted by Gasteiger charge is -2.19. The first-order valence-electron chi connectivity index (χ1n) is 14.9. The first-order valence-corrected chi connectivity index (χ1v) is 14.9. The quantitative estimate of drug-likeness (QED) is 0.197. The Morgan fingerprint density at radius 2 is 1.38 bits per heavy atom. The Morgan fingerprint density at radius 1 is 0.800 bits per heavy atom. The molecule has 0 radical (unpaired) electrons. The number of Topliss-reactive ketones (excluding diaryl/α,β-unsaturated/α-hetero) is 1. The van der Waals surface area contributed by atoms with E-state index in [0.717, 1.165) is 11.1 Å². The molecule has 0 saturated carbocycles. The zero-order chi connectivity index (χ0) is 32.2. The minimum atomic E-state index is -0.536. The number of carbonyl (C=O) groups is 4. The SMILES string of the molecule is COC(=O)c1ccc(COc2cc3c(c(OCc4ccc(C(=O)OC)cc4)c2)C(=O)O[C@@H](C)CCCC(=O)CCCC=C3)cc1. The molecule has 0 spiro atoms. The number of benzene rings is 3. The molecule has 0 aliphatic carbocycles. The summed E-state index contributed by atoms with van der Waals surface area (Å²) < 4.78 is 27.7. The summed E-state index contributed by atoms with van der Waals surface area (Å²) in [5.74, 6) is -0.440. The van der Waals surface area contributed by atoms with Crippen LogP contribution >= 0.6 is 0 Å². The number of fused-ring (bicyclic) bond motifs is 1. The van der Waals surface area contributed by atoms with Gasteiger partial charge in [-0.25, -0.2) is 14.4 Å². The highest BCUT2D eigenvalue weighted by Gasteiger charge is 2.23. The van der Waals surface area contributed by atoms with Crippen LogP contribution in [0.3, 0.4) is 0 Å². The zero-order valence-electron chi connectivity index (χ0n) is 25.8. The number of rotatable bonds is 8. The van der Waals surface area contributed by atoms with Crippen LogP contribution in [0.25, 0.3) is 6.08 Å². The maximum atomic E-state index is 13.6. The zero-order valence-corrected chi connectivity index (χ0v) is 25.8. The van der Waals surface area contributed by atoms with Crippen molar-refractivity contribution >= 4 is 29.8 Å². The van der Waals surface area contributed by atoms with Crippen molar-refractivity contribution in [3.05, 3.63) is 100 Å². The fourth-order valence-corrected chi connectivity index (χ4v) is 4.83. The number of hydrogen-bond acceptors (Lipinski definition) is 9. The molecule has 4 rings (SSSR count). The Kier molecular flexibility index (Phi) is 11.9. The Hall–Kier alpha value is -4.92. The lowest BCUT2D eigenvalue weighted by Crippen LogP contribution is -2.18. The Balaban J connectivity index is 1.65.